The molecular weight excluding hydrogens is 324 g/mol. The van der Waals surface area contributed by atoms with Crippen molar-refractivity contribution in [2.45, 2.75) is 12.8 Å². The summed E-state index contributed by atoms with van der Waals surface area (Å²) in [6.07, 6.45) is 1.25. The summed E-state index contributed by atoms with van der Waals surface area (Å²) < 4.78 is 0. The first kappa shape index (κ1) is 17.4. The number of amides is 5. The molecule has 0 spiro atoms. The van der Waals surface area contributed by atoms with Gasteiger partial charge in [0.15, 0.2) is 0 Å². The van der Waals surface area contributed by atoms with Crippen molar-refractivity contribution in [2.24, 2.45) is 5.92 Å². The van der Waals surface area contributed by atoms with Crippen molar-refractivity contribution in [3.05, 3.63) is 0 Å². The minimum Gasteiger partial charge on any atom is -0.346 e. The molecule has 10 heteroatoms. The van der Waals surface area contributed by atoms with Gasteiger partial charge in [-0.05, 0) is 25.9 Å². The normalized spacial score (nSPS) is 18.9. The lowest BCUT2D eigenvalue weighted by Gasteiger charge is -2.21. The third-order valence-corrected chi connectivity index (χ3v) is 4.47. The van der Waals surface area contributed by atoms with Gasteiger partial charge in [-0.3, -0.25) is 34.2 Å². The van der Waals surface area contributed by atoms with Crippen molar-refractivity contribution in [1.82, 2.24) is 20.9 Å². The fraction of sp³-hybridized carbons (Fsp3) is 0.615. The highest BCUT2D eigenvalue weighted by molar-refractivity contribution is 8.14. The molecule has 0 aromatic rings. The van der Waals surface area contributed by atoms with E-state index in [1.165, 1.54) is 0 Å². The van der Waals surface area contributed by atoms with Crippen LogP contribution in [0.25, 0.3) is 0 Å². The maximum Gasteiger partial charge on any atom is 0.315 e. The minimum absolute atomic E-state index is 0.00588. The second-order valence-corrected chi connectivity index (χ2v) is 6.13. The fourth-order valence-corrected chi connectivity index (χ4v) is 3.07. The van der Waals surface area contributed by atoms with Crippen molar-refractivity contribution in [3.8, 4) is 0 Å². The molecule has 2 saturated heterocycles. The summed E-state index contributed by atoms with van der Waals surface area (Å²) >= 11 is 0.899. The Morgan fingerprint density at radius 3 is 2.48 bits per heavy atom. The van der Waals surface area contributed by atoms with Gasteiger partial charge in [0.1, 0.15) is 0 Å². The van der Waals surface area contributed by atoms with E-state index < -0.39 is 17.7 Å². The summed E-state index contributed by atoms with van der Waals surface area (Å²) in [5.41, 5.74) is 0. The zero-order valence-electron chi connectivity index (χ0n) is 12.4. The van der Waals surface area contributed by atoms with Crippen LogP contribution in [0.4, 0.5) is 4.79 Å². The lowest BCUT2D eigenvalue weighted by Crippen LogP contribution is -2.48. The highest BCUT2D eigenvalue weighted by Gasteiger charge is 2.30. The first-order valence-corrected chi connectivity index (χ1v) is 8.28. The van der Waals surface area contributed by atoms with E-state index in [1.54, 1.807) is 0 Å². The Hall–Kier alpha value is -1.94. The van der Waals surface area contributed by atoms with E-state index in [0.29, 0.717) is 25.9 Å². The SMILES string of the molecule is O=C(NCCN1C(=O)CSC1=O)C(=O)NC(=O)C1CCNCC1. The summed E-state index contributed by atoms with van der Waals surface area (Å²) in [5, 5.41) is 7.10. The second kappa shape index (κ2) is 8.06. The first-order chi connectivity index (χ1) is 11.0. The average Bonchev–Trinajstić information content (AvgIpc) is 2.87. The topological polar surface area (TPSA) is 125 Å². The third-order valence-electron chi connectivity index (χ3n) is 3.61. The van der Waals surface area contributed by atoms with Gasteiger partial charge >= 0.3 is 11.8 Å². The number of hydrogen-bond acceptors (Lipinski definition) is 7. The third kappa shape index (κ3) is 4.76. The van der Waals surface area contributed by atoms with Crippen molar-refractivity contribution < 1.29 is 24.0 Å². The van der Waals surface area contributed by atoms with Crippen LogP contribution in [0.2, 0.25) is 0 Å². The zero-order valence-corrected chi connectivity index (χ0v) is 13.2. The van der Waals surface area contributed by atoms with Gasteiger partial charge in [-0.15, -0.1) is 0 Å². The van der Waals surface area contributed by atoms with Crippen LogP contribution in [0, 0.1) is 5.92 Å². The van der Waals surface area contributed by atoms with Gasteiger partial charge in [-0.25, -0.2) is 0 Å². The number of hydrogen-bond donors (Lipinski definition) is 3. The molecule has 9 nitrogen and oxygen atoms in total. The van der Waals surface area contributed by atoms with Crippen LogP contribution in [0.3, 0.4) is 0 Å². The Morgan fingerprint density at radius 2 is 1.87 bits per heavy atom. The Balaban J connectivity index is 1.70. The summed E-state index contributed by atoms with van der Waals surface area (Å²) in [6, 6.07) is 0. The zero-order chi connectivity index (χ0) is 16.8. The summed E-state index contributed by atoms with van der Waals surface area (Å²) in [7, 11) is 0. The van der Waals surface area contributed by atoms with E-state index in [4.69, 9.17) is 0 Å². The lowest BCUT2D eigenvalue weighted by molar-refractivity contribution is -0.143. The average molecular weight is 342 g/mol. The molecule has 0 atom stereocenters. The van der Waals surface area contributed by atoms with E-state index in [0.717, 1.165) is 16.7 Å². The summed E-state index contributed by atoms with van der Waals surface area (Å²) in [6.45, 7) is 1.38. The van der Waals surface area contributed by atoms with Gasteiger partial charge in [0.25, 0.3) is 5.24 Å². The number of imide groups is 2. The number of rotatable bonds is 4. The van der Waals surface area contributed by atoms with Crippen molar-refractivity contribution in [2.75, 3.05) is 31.9 Å². The van der Waals surface area contributed by atoms with Crippen LogP contribution in [-0.2, 0) is 19.2 Å². The predicted octanol–water partition coefficient (Wildman–Crippen LogP) is -1.56. The van der Waals surface area contributed by atoms with E-state index in [9.17, 15) is 24.0 Å². The maximum atomic E-state index is 11.8. The van der Waals surface area contributed by atoms with Crippen molar-refractivity contribution in [3.63, 3.8) is 0 Å². The Morgan fingerprint density at radius 1 is 1.17 bits per heavy atom. The Kier molecular flexibility index (Phi) is 6.11. The molecule has 0 unspecified atom stereocenters. The van der Waals surface area contributed by atoms with Gasteiger partial charge < -0.3 is 10.6 Å². The molecule has 2 heterocycles. The maximum absolute atomic E-state index is 11.8. The van der Waals surface area contributed by atoms with Gasteiger partial charge in [-0.2, -0.15) is 0 Å². The molecule has 0 saturated carbocycles. The van der Waals surface area contributed by atoms with Crippen molar-refractivity contribution in [1.29, 1.82) is 0 Å². The van der Waals surface area contributed by atoms with Crippen LogP contribution in [-0.4, -0.2) is 65.7 Å². The van der Waals surface area contributed by atoms with Gasteiger partial charge in [0.2, 0.25) is 11.8 Å². The van der Waals surface area contributed by atoms with Crippen LogP contribution in [0.5, 0.6) is 0 Å². The van der Waals surface area contributed by atoms with Crippen LogP contribution in [0.1, 0.15) is 12.8 Å². The minimum atomic E-state index is -1.03. The monoisotopic (exact) mass is 342 g/mol. The molecule has 2 aliphatic rings. The van der Waals surface area contributed by atoms with Gasteiger partial charge in [0.05, 0.1) is 5.75 Å². The predicted molar refractivity (Wildman–Crippen MR) is 81.3 cm³/mol. The van der Waals surface area contributed by atoms with Crippen LogP contribution < -0.4 is 16.0 Å². The second-order valence-electron chi connectivity index (χ2n) is 5.20. The van der Waals surface area contributed by atoms with E-state index >= 15 is 0 Å². The smallest absolute Gasteiger partial charge is 0.315 e. The molecule has 3 N–H and O–H groups in total. The molecule has 0 aromatic heterocycles. The molecule has 2 aliphatic heterocycles. The highest BCUT2D eigenvalue weighted by Crippen LogP contribution is 2.17. The number of thioether (sulfide) groups is 1. The van der Waals surface area contributed by atoms with Crippen LogP contribution >= 0.6 is 11.8 Å². The molecule has 0 aliphatic carbocycles. The highest BCUT2D eigenvalue weighted by atomic mass is 32.2. The number of piperidine rings is 1. The molecular formula is C13H18N4O5S. The summed E-state index contributed by atoms with van der Waals surface area (Å²) in [5.74, 6) is -2.93. The first-order valence-electron chi connectivity index (χ1n) is 7.30. The molecule has 0 radical (unpaired) electrons. The van der Waals surface area contributed by atoms with Gasteiger partial charge in [-0.1, -0.05) is 11.8 Å². The van der Waals surface area contributed by atoms with E-state index in [-0.39, 0.29) is 35.9 Å². The molecule has 23 heavy (non-hydrogen) atoms. The molecule has 126 valence electrons. The molecule has 2 rings (SSSR count). The number of nitrogens with one attached hydrogen (secondary N) is 3. The molecule has 5 amide bonds. The molecule has 2 fully saturated rings. The lowest BCUT2D eigenvalue weighted by atomic mass is 9.97. The van der Waals surface area contributed by atoms with E-state index in [2.05, 4.69) is 16.0 Å². The number of carbonyl (C=O) groups excluding carboxylic acids is 5. The van der Waals surface area contributed by atoms with Crippen molar-refractivity contribution >= 4 is 40.6 Å². The van der Waals surface area contributed by atoms with E-state index in [1.807, 2.05) is 0 Å². The molecule has 0 bridgehead atoms. The number of nitrogens with zero attached hydrogens (tertiary/aromatic N) is 1. The standard InChI is InChI=1S/C13H18N4O5S/c18-9-7-23-13(22)17(9)6-5-15-11(20)12(21)16-10(19)8-1-3-14-4-2-8/h8,14H,1-7H2,(H,15,20)(H,16,19,21). The fourth-order valence-electron chi connectivity index (χ4n) is 2.31. The Bertz CT molecular complexity index is 516. The molecule has 0 aromatic carbocycles. The van der Waals surface area contributed by atoms with Crippen LogP contribution in [0.15, 0.2) is 0 Å². The quantitative estimate of drug-likeness (QED) is 0.528. The van der Waals surface area contributed by atoms with Gasteiger partial charge in [0, 0.05) is 19.0 Å². The largest absolute Gasteiger partial charge is 0.346 e. The summed E-state index contributed by atoms with van der Waals surface area (Å²) in [4.78, 5) is 58.8. The Labute approximate surface area is 136 Å². The number of carbonyl (C=O) groups is 5.